The van der Waals surface area contributed by atoms with Crippen LogP contribution < -0.4 is 5.32 Å². The van der Waals surface area contributed by atoms with Gasteiger partial charge in [0.25, 0.3) is 0 Å². The second-order valence-corrected chi connectivity index (χ2v) is 6.49. The minimum atomic E-state index is -0.971. The van der Waals surface area contributed by atoms with Crippen molar-refractivity contribution in [1.82, 2.24) is 5.32 Å². The average Bonchev–Trinajstić information content (AvgIpc) is 2.50. The van der Waals surface area contributed by atoms with E-state index in [1.165, 1.54) is 0 Å². The van der Waals surface area contributed by atoms with Gasteiger partial charge in [0.1, 0.15) is 0 Å². The Hall–Kier alpha value is -1.65. The number of amides is 1. The van der Waals surface area contributed by atoms with Gasteiger partial charge >= 0.3 is 5.97 Å². The Balaban J connectivity index is 2.47. The Morgan fingerprint density at radius 1 is 1.14 bits per heavy atom. The first-order valence-corrected chi connectivity index (χ1v) is 8.06. The van der Waals surface area contributed by atoms with Gasteiger partial charge in [-0.15, -0.1) is 0 Å². The fourth-order valence-electron chi connectivity index (χ4n) is 2.45. The highest BCUT2D eigenvalue weighted by atomic mass is 16.4. The third-order valence-electron chi connectivity index (χ3n) is 4.43. The number of carbonyl (C=O) groups is 3. The molecule has 2 N–H and O–H groups in total. The van der Waals surface area contributed by atoms with Gasteiger partial charge in [-0.1, -0.05) is 20.8 Å². The predicted octanol–water partition coefficient (Wildman–Crippen LogP) is 2.84. The summed E-state index contributed by atoms with van der Waals surface area (Å²) >= 11 is 0. The van der Waals surface area contributed by atoms with E-state index in [-0.39, 0.29) is 17.3 Å². The molecule has 22 heavy (non-hydrogen) atoms. The number of ketones is 1. The number of allylic oxidation sites excluding steroid dienone is 1. The Bertz CT molecular complexity index is 477. The SMILES string of the molecule is CCC(C)(C)C(=O)NCCCC(=O)C1=C(C(=O)O)CCCC1. The minimum absolute atomic E-state index is 0.00874. The van der Waals surface area contributed by atoms with E-state index >= 15 is 0 Å². The fraction of sp³-hybridized carbons (Fsp3) is 0.706. The lowest BCUT2D eigenvalue weighted by molar-refractivity contribution is -0.133. The van der Waals surface area contributed by atoms with E-state index in [0.29, 0.717) is 37.8 Å². The van der Waals surface area contributed by atoms with Crippen molar-refractivity contribution < 1.29 is 19.5 Å². The Morgan fingerprint density at radius 2 is 1.73 bits per heavy atom. The van der Waals surface area contributed by atoms with Gasteiger partial charge in [-0.3, -0.25) is 9.59 Å². The van der Waals surface area contributed by atoms with E-state index in [2.05, 4.69) is 5.32 Å². The van der Waals surface area contributed by atoms with Crippen LogP contribution in [0.25, 0.3) is 0 Å². The first-order chi connectivity index (χ1) is 10.3. The molecule has 0 spiro atoms. The average molecular weight is 309 g/mol. The number of rotatable bonds is 8. The number of carboxylic acids is 1. The van der Waals surface area contributed by atoms with Crippen LogP contribution in [0.2, 0.25) is 0 Å². The van der Waals surface area contributed by atoms with Gasteiger partial charge in [-0.2, -0.15) is 0 Å². The van der Waals surface area contributed by atoms with Crippen LogP contribution in [-0.2, 0) is 14.4 Å². The maximum absolute atomic E-state index is 12.2. The highest BCUT2D eigenvalue weighted by Crippen LogP contribution is 2.26. The zero-order valence-corrected chi connectivity index (χ0v) is 13.8. The molecule has 0 unspecified atom stereocenters. The fourth-order valence-corrected chi connectivity index (χ4v) is 2.45. The lowest BCUT2D eigenvalue weighted by Crippen LogP contribution is -2.37. The Kier molecular flexibility index (Phi) is 6.78. The van der Waals surface area contributed by atoms with Gasteiger partial charge in [-0.25, -0.2) is 4.79 Å². The van der Waals surface area contributed by atoms with Gasteiger partial charge in [0.05, 0.1) is 0 Å². The molecular formula is C17H27NO4. The van der Waals surface area contributed by atoms with Crippen LogP contribution in [0.3, 0.4) is 0 Å². The number of carbonyl (C=O) groups excluding carboxylic acids is 2. The molecule has 0 saturated carbocycles. The third-order valence-corrected chi connectivity index (χ3v) is 4.43. The van der Waals surface area contributed by atoms with Crippen molar-refractivity contribution in [2.45, 2.75) is 65.7 Å². The summed E-state index contributed by atoms with van der Waals surface area (Å²) in [5.41, 5.74) is 0.373. The number of hydrogen-bond donors (Lipinski definition) is 2. The molecule has 1 amide bonds. The van der Waals surface area contributed by atoms with Crippen LogP contribution in [0.1, 0.15) is 65.7 Å². The zero-order valence-electron chi connectivity index (χ0n) is 13.8. The molecule has 1 aliphatic carbocycles. The van der Waals surface area contributed by atoms with Crippen molar-refractivity contribution in [3.8, 4) is 0 Å². The monoisotopic (exact) mass is 309 g/mol. The standard InChI is InChI=1S/C17H27NO4/c1-4-17(2,3)16(22)18-11-7-10-14(19)12-8-5-6-9-13(12)15(20)21/h4-11H2,1-3H3,(H,18,22)(H,20,21). The number of aliphatic carboxylic acids is 1. The summed E-state index contributed by atoms with van der Waals surface area (Å²) in [4.78, 5) is 35.2. The van der Waals surface area contributed by atoms with Crippen LogP contribution in [0, 0.1) is 5.41 Å². The maximum Gasteiger partial charge on any atom is 0.331 e. The summed E-state index contributed by atoms with van der Waals surface area (Å²) in [7, 11) is 0. The summed E-state index contributed by atoms with van der Waals surface area (Å²) in [6.07, 6.45) is 4.35. The van der Waals surface area contributed by atoms with E-state index in [1.807, 2.05) is 20.8 Å². The second kappa shape index (κ2) is 8.11. The normalized spacial score (nSPS) is 15.6. The summed E-state index contributed by atoms with van der Waals surface area (Å²) in [5, 5.41) is 12.0. The molecule has 0 radical (unpaired) electrons. The molecule has 0 heterocycles. The molecule has 1 rings (SSSR count). The molecule has 1 aliphatic rings. The van der Waals surface area contributed by atoms with Crippen LogP contribution in [0.5, 0.6) is 0 Å². The van der Waals surface area contributed by atoms with E-state index < -0.39 is 11.4 Å². The largest absolute Gasteiger partial charge is 0.478 e. The van der Waals surface area contributed by atoms with Crippen molar-refractivity contribution in [3.05, 3.63) is 11.1 Å². The van der Waals surface area contributed by atoms with Crippen molar-refractivity contribution in [2.75, 3.05) is 6.54 Å². The molecule has 0 aromatic heterocycles. The van der Waals surface area contributed by atoms with Gasteiger partial charge in [-0.05, 0) is 38.5 Å². The van der Waals surface area contributed by atoms with Gasteiger partial charge in [0.15, 0.2) is 5.78 Å². The van der Waals surface area contributed by atoms with Crippen LogP contribution >= 0.6 is 0 Å². The third kappa shape index (κ3) is 4.97. The molecule has 0 saturated heterocycles. The number of nitrogens with one attached hydrogen (secondary N) is 1. The van der Waals surface area contributed by atoms with Crippen LogP contribution in [-0.4, -0.2) is 29.3 Å². The molecule has 0 atom stereocenters. The predicted molar refractivity (Wildman–Crippen MR) is 84.5 cm³/mol. The van der Waals surface area contributed by atoms with Crippen molar-refractivity contribution in [3.63, 3.8) is 0 Å². The van der Waals surface area contributed by atoms with Crippen molar-refractivity contribution in [1.29, 1.82) is 0 Å². The number of carboxylic acid groups (broad SMARTS) is 1. The lowest BCUT2D eigenvalue weighted by atomic mass is 9.88. The van der Waals surface area contributed by atoms with Crippen molar-refractivity contribution in [2.24, 2.45) is 5.41 Å². The van der Waals surface area contributed by atoms with E-state index in [9.17, 15) is 14.4 Å². The number of Topliss-reactive ketones (excluding diaryl/α,β-unsaturated/α-hetero) is 1. The number of hydrogen-bond acceptors (Lipinski definition) is 3. The van der Waals surface area contributed by atoms with Crippen LogP contribution in [0.15, 0.2) is 11.1 Å². The summed E-state index contributed by atoms with van der Waals surface area (Å²) in [6, 6.07) is 0. The topological polar surface area (TPSA) is 83.5 Å². The summed E-state index contributed by atoms with van der Waals surface area (Å²) < 4.78 is 0. The molecule has 124 valence electrons. The van der Waals surface area contributed by atoms with Gasteiger partial charge in [0.2, 0.25) is 5.91 Å². The Morgan fingerprint density at radius 3 is 2.27 bits per heavy atom. The molecule has 5 heteroatoms. The Labute approximate surface area is 132 Å². The van der Waals surface area contributed by atoms with E-state index in [4.69, 9.17) is 5.11 Å². The molecule has 0 aromatic rings. The van der Waals surface area contributed by atoms with E-state index in [1.54, 1.807) is 0 Å². The molecule has 5 nitrogen and oxygen atoms in total. The molecule has 0 fully saturated rings. The first-order valence-electron chi connectivity index (χ1n) is 8.06. The highest BCUT2D eigenvalue weighted by Gasteiger charge is 2.25. The first kappa shape index (κ1) is 18.4. The van der Waals surface area contributed by atoms with Gasteiger partial charge < -0.3 is 10.4 Å². The minimum Gasteiger partial charge on any atom is -0.478 e. The van der Waals surface area contributed by atoms with Crippen LogP contribution in [0.4, 0.5) is 0 Å². The quantitative estimate of drug-likeness (QED) is 0.675. The maximum atomic E-state index is 12.2. The second-order valence-electron chi connectivity index (χ2n) is 6.49. The summed E-state index contributed by atoms with van der Waals surface area (Å²) in [5.74, 6) is -1.06. The smallest absolute Gasteiger partial charge is 0.331 e. The summed E-state index contributed by atoms with van der Waals surface area (Å²) in [6.45, 7) is 6.19. The lowest BCUT2D eigenvalue weighted by Gasteiger charge is -2.21. The van der Waals surface area contributed by atoms with Gasteiger partial charge in [0, 0.05) is 29.5 Å². The highest BCUT2D eigenvalue weighted by molar-refractivity contribution is 6.03. The molecule has 0 aliphatic heterocycles. The van der Waals surface area contributed by atoms with E-state index in [0.717, 1.165) is 19.3 Å². The van der Waals surface area contributed by atoms with Crippen molar-refractivity contribution >= 4 is 17.7 Å². The molecule has 0 aromatic carbocycles. The molecule has 0 bridgehead atoms. The molecular weight excluding hydrogens is 282 g/mol. The zero-order chi connectivity index (χ0) is 16.8.